The molecular formula is C22H20ClF3N6O2S2. The van der Waals surface area contributed by atoms with E-state index in [1.54, 1.807) is 15.6 Å². The fourth-order valence-electron chi connectivity index (χ4n) is 4.09. The molecule has 0 spiro atoms. The van der Waals surface area contributed by atoms with Gasteiger partial charge >= 0.3 is 6.18 Å². The van der Waals surface area contributed by atoms with Crippen LogP contribution >= 0.6 is 34.3 Å². The number of carbonyl (C=O) groups excluding carboxylic acids is 1. The smallest absolute Gasteiger partial charge is 0.417 e. The van der Waals surface area contributed by atoms with Crippen LogP contribution in [0, 0.1) is 6.92 Å². The number of hydrogen-bond donors (Lipinski definition) is 0. The van der Waals surface area contributed by atoms with Crippen molar-refractivity contribution in [3.8, 4) is 5.75 Å². The normalized spacial score (nSPS) is 15.9. The first-order chi connectivity index (χ1) is 17.0. The highest BCUT2D eigenvalue weighted by Crippen LogP contribution is 2.41. The number of aryl methyl sites for hydroxylation is 1. The maximum Gasteiger partial charge on any atom is 0.417 e. The number of nitrogens with zero attached hydrogens (tertiary/aromatic N) is 6. The Labute approximate surface area is 216 Å². The van der Waals surface area contributed by atoms with Gasteiger partial charge in [0.25, 0.3) is 5.91 Å². The molecule has 3 aromatic heterocycles. The van der Waals surface area contributed by atoms with E-state index in [0.29, 0.717) is 13.0 Å². The van der Waals surface area contributed by atoms with Crippen LogP contribution in [-0.2, 0) is 17.4 Å². The van der Waals surface area contributed by atoms with E-state index in [4.69, 9.17) is 21.3 Å². The molecule has 0 aliphatic carbocycles. The zero-order valence-electron chi connectivity index (χ0n) is 19.3. The number of benzene rings is 1. The van der Waals surface area contributed by atoms with E-state index in [1.165, 1.54) is 34.8 Å². The number of anilines is 1. The Balaban J connectivity index is 1.48. The predicted octanol–water partition coefficient (Wildman–Crippen LogP) is 4.85. The molecule has 190 valence electrons. The third-order valence-corrected chi connectivity index (χ3v) is 8.11. The Hall–Kier alpha value is -2.90. The van der Waals surface area contributed by atoms with Crippen LogP contribution in [0.1, 0.15) is 32.9 Å². The summed E-state index contributed by atoms with van der Waals surface area (Å²) in [5, 5.41) is 5.62. The maximum absolute atomic E-state index is 13.4. The van der Waals surface area contributed by atoms with Gasteiger partial charge in [0, 0.05) is 33.3 Å². The minimum Gasteiger partial charge on any atom is -0.482 e. The van der Waals surface area contributed by atoms with Crippen LogP contribution < -0.4 is 9.64 Å². The van der Waals surface area contributed by atoms with Crippen LogP contribution in [0.25, 0.3) is 4.96 Å². The lowest BCUT2D eigenvalue weighted by atomic mass is 10.0. The Kier molecular flexibility index (Phi) is 6.33. The van der Waals surface area contributed by atoms with E-state index < -0.39 is 35.3 Å². The van der Waals surface area contributed by atoms with Crippen LogP contribution in [-0.4, -0.2) is 57.6 Å². The molecule has 14 heteroatoms. The minimum atomic E-state index is -4.63. The number of ether oxygens (including phenoxy) is 1. The summed E-state index contributed by atoms with van der Waals surface area (Å²) >= 11 is 8.84. The molecule has 1 unspecified atom stereocenters. The zero-order chi connectivity index (χ0) is 25.8. The molecular weight excluding hydrogens is 537 g/mol. The van der Waals surface area contributed by atoms with E-state index in [0.717, 1.165) is 37.4 Å². The van der Waals surface area contributed by atoms with Crippen molar-refractivity contribution in [3.05, 3.63) is 56.3 Å². The fourth-order valence-corrected chi connectivity index (χ4v) is 6.10. The molecule has 1 aliphatic rings. The van der Waals surface area contributed by atoms with Crippen molar-refractivity contribution in [2.24, 2.45) is 0 Å². The van der Waals surface area contributed by atoms with Gasteiger partial charge in [0.15, 0.2) is 11.7 Å². The van der Waals surface area contributed by atoms with Crippen LogP contribution in [0.3, 0.4) is 0 Å². The van der Waals surface area contributed by atoms with Gasteiger partial charge in [0.05, 0.1) is 26.9 Å². The molecule has 0 fully saturated rings. The summed E-state index contributed by atoms with van der Waals surface area (Å²) in [7, 11) is 3.76. The SMILES string of the molecule is Cc1nn2c3c(nc2s1)CCN(C(=O)COc1cccc(C(F)(F)F)c1Cl)C3c1cnc(N(C)C)s1. The molecule has 4 aromatic rings. The lowest BCUT2D eigenvalue weighted by Gasteiger charge is -2.34. The van der Waals surface area contributed by atoms with E-state index in [-0.39, 0.29) is 5.75 Å². The van der Waals surface area contributed by atoms with Gasteiger partial charge in [-0.1, -0.05) is 40.3 Å². The fraction of sp³-hybridized carbons (Fsp3) is 0.364. The molecule has 0 saturated carbocycles. The average Bonchev–Trinajstić information content (AvgIpc) is 3.51. The Morgan fingerprint density at radius 1 is 1.31 bits per heavy atom. The Bertz CT molecular complexity index is 1450. The molecule has 0 radical (unpaired) electrons. The summed E-state index contributed by atoms with van der Waals surface area (Å²) in [5.41, 5.74) is 0.612. The molecule has 36 heavy (non-hydrogen) atoms. The Morgan fingerprint density at radius 2 is 2.08 bits per heavy atom. The van der Waals surface area contributed by atoms with Gasteiger partial charge in [-0.2, -0.15) is 18.3 Å². The molecule has 8 nitrogen and oxygen atoms in total. The number of amides is 1. The van der Waals surface area contributed by atoms with Gasteiger partial charge in [-0.05, 0) is 19.1 Å². The van der Waals surface area contributed by atoms with Gasteiger partial charge in [-0.25, -0.2) is 14.5 Å². The summed E-state index contributed by atoms with van der Waals surface area (Å²) in [6.45, 7) is 1.76. The van der Waals surface area contributed by atoms with Crippen LogP contribution in [0.2, 0.25) is 5.02 Å². The molecule has 4 heterocycles. The van der Waals surface area contributed by atoms with Crippen molar-refractivity contribution in [2.45, 2.75) is 25.6 Å². The highest BCUT2D eigenvalue weighted by atomic mass is 35.5. The Morgan fingerprint density at radius 3 is 2.78 bits per heavy atom. The average molecular weight is 557 g/mol. The van der Waals surface area contributed by atoms with Crippen LogP contribution in [0.4, 0.5) is 18.3 Å². The topological polar surface area (TPSA) is 75.9 Å². The number of imidazole rings is 1. The second kappa shape index (κ2) is 9.20. The second-order valence-corrected chi connectivity index (χ2v) is 10.9. The summed E-state index contributed by atoms with van der Waals surface area (Å²) in [6.07, 6.45) is -2.40. The number of fused-ring (bicyclic) bond motifs is 3. The molecule has 1 atom stereocenters. The van der Waals surface area contributed by atoms with Crippen molar-refractivity contribution < 1.29 is 22.7 Å². The summed E-state index contributed by atoms with van der Waals surface area (Å²) in [4.78, 5) is 27.7. The van der Waals surface area contributed by atoms with E-state index in [9.17, 15) is 18.0 Å². The van der Waals surface area contributed by atoms with E-state index in [2.05, 4.69) is 10.1 Å². The molecule has 1 amide bonds. The third-order valence-electron chi connectivity index (χ3n) is 5.68. The van der Waals surface area contributed by atoms with Gasteiger partial charge < -0.3 is 14.5 Å². The quantitative estimate of drug-likeness (QED) is 0.350. The molecule has 0 saturated heterocycles. The van der Waals surface area contributed by atoms with Crippen molar-refractivity contribution in [3.63, 3.8) is 0 Å². The van der Waals surface area contributed by atoms with Crippen LogP contribution in [0.5, 0.6) is 5.75 Å². The summed E-state index contributed by atoms with van der Waals surface area (Å²) < 4.78 is 46.9. The van der Waals surface area contributed by atoms with Crippen molar-refractivity contribution >= 4 is 50.3 Å². The lowest BCUT2D eigenvalue weighted by molar-refractivity contribution is -0.137. The first-order valence-corrected chi connectivity index (χ1v) is 12.8. The molecule has 5 rings (SSSR count). The largest absolute Gasteiger partial charge is 0.482 e. The zero-order valence-corrected chi connectivity index (χ0v) is 21.7. The van der Waals surface area contributed by atoms with E-state index >= 15 is 0 Å². The van der Waals surface area contributed by atoms with Gasteiger partial charge in [-0.3, -0.25) is 4.79 Å². The maximum atomic E-state index is 13.4. The van der Waals surface area contributed by atoms with E-state index in [1.807, 2.05) is 25.9 Å². The van der Waals surface area contributed by atoms with Gasteiger partial charge in [0.1, 0.15) is 16.8 Å². The van der Waals surface area contributed by atoms with Gasteiger partial charge in [-0.15, -0.1) is 0 Å². The highest BCUT2D eigenvalue weighted by Gasteiger charge is 2.39. The number of rotatable bonds is 5. The van der Waals surface area contributed by atoms with Crippen molar-refractivity contribution in [1.29, 1.82) is 0 Å². The first-order valence-electron chi connectivity index (χ1n) is 10.8. The third kappa shape index (κ3) is 4.39. The van der Waals surface area contributed by atoms with Crippen LogP contribution in [0.15, 0.2) is 24.4 Å². The molecule has 0 N–H and O–H groups in total. The summed E-state index contributed by atoms with van der Waals surface area (Å²) in [5.74, 6) is -0.607. The number of aromatic nitrogens is 4. The molecule has 1 aliphatic heterocycles. The standard InChI is InChI=1S/C22H20ClF3N6O2S2/c1-11-29-32-18-13(28-21(32)35-11)7-8-31(19(18)15-9-27-20(36-15)30(2)3)16(33)10-34-14-6-4-5-12(17(14)23)22(24,25)26/h4-6,9,19H,7-8,10H2,1-3H3. The van der Waals surface area contributed by atoms with Crippen molar-refractivity contribution in [2.75, 3.05) is 32.1 Å². The number of alkyl halides is 3. The predicted molar refractivity (Wildman–Crippen MR) is 131 cm³/mol. The number of carbonyl (C=O) groups is 1. The lowest BCUT2D eigenvalue weighted by Crippen LogP contribution is -2.43. The summed E-state index contributed by atoms with van der Waals surface area (Å²) in [6, 6.07) is 2.84. The number of halogens is 4. The number of hydrogen-bond acceptors (Lipinski definition) is 8. The second-order valence-electron chi connectivity index (χ2n) is 8.34. The monoisotopic (exact) mass is 556 g/mol. The highest BCUT2D eigenvalue weighted by molar-refractivity contribution is 7.16. The minimum absolute atomic E-state index is 0.205. The molecule has 0 bridgehead atoms. The van der Waals surface area contributed by atoms with Gasteiger partial charge in [0.2, 0.25) is 4.96 Å². The molecule has 1 aromatic carbocycles. The van der Waals surface area contributed by atoms with Crippen molar-refractivity contribution in [1.82, 2.24) is 24.5 Å². The number of thiazole rings is 1. The first kappa shape index (κ1) is 24.8.